The van der Waals surface area contributed by atoms with Crippen molar-refractivity contribution in [3.05, 3.63) is 48.9 Å². The van der Waals surface area contributed by atoms with Gasteiger partial charge in [-0.3, -0.25) is 4.99 Å². The van der Waals surface area contributed by atoms with E-state index in [4.69, 9.17) is 9.47 Å². The Morgan fingerprint density at radius 2 is 1.89 bits per heavy atom. The Labute approximate surface area is 108 Å². The normalized spacial score (nSPS) is 11.8. The lowest BCUT2D eigenvalue weighted by Gasteiger charge is -2.06. The van der Waals surface area contributed by atoms with E-state index in [2.05, 4.69) is 18.2 Å². The number of rotatable bonds is 8. The van der Waals surface area contributed by atoms with Crippen LogP contribution in [-0.2, 0) is 14.3 Å². The minimum atomic E-state index is -0.409. The molecule has 0 fully saturated rings. The van der Waals surface area contributed by atoms with Gasteiger partial charge in [-0.2, -0.15) is 0 Å². The third-order valence-corrected chi connectivity index (χ3v) is 1.77. The zero-order valence-electron chi connectivity index (χ0n) is 10.9. The highest BCUT2D eigenvalue weighted by molar-refractivity contribution is 5.83. The summed E-state index contributed by atoms with van der Waals surface area (Å²) in [7, 11) is 0. The van der Waals surface area contributed by atoms with Crippen molar-refractivity contribution < 1.29 is 14.3 Å². The first kappa shape index (κ1) is 15.9. The maximum atomic E-state index is 11.2. The van der Waals surface area contributed by atoms with Crippen molar-refractivity contribution in [2.24, 2.45) is 4.99 Å². The van der Waals surface area contributed by atoms with Gasteiger partial charge in [0.05, 0.1) is 13.2 Å². The number of allylic oxidation sites excluding steroid dienone is 2. The van der Waals surface area contributed by atoms with Crippen molar-refractivity contribution in [2.75, 3.05) is 13.2 Å². The second-order valence-electron chi connectivity index (χ2n) is 3.04. The molecular formula is C14H19NO3. The van der Waals surface area contributed by atoms with Crippen LogP contribution in [0.25, 0.3) is 0 Å². The van der Waals surface area contributed by atoms with Crippen LogP contribution in [0, 0.1) is 0 Å². The van der Waals surface area contributed by atoms with Crippen molar-refractivity contribution in [3.63, 3.8) is 0 Å². The summed E-state index contributed by atoms with van der Waals surface area (Å²) < 4.78 is 10.1. The molecule has 0 aliphatic rings. The number of hydrogen-bond donors (Lipinski definition) is 0. The molecule has 0 aliphatic carbocycles. The Kier molecular flexibility index (Phi) is 8.90. The fourth-order valence-electron chi connectivity index (χ4n) is 1.03. The lowest BCUT2D eigenvalue weighted by molar-refractivity contribution is -0.137. The van der Waals surface area contributed by atoms with Crippen LogP contribution in [0.3, 0.4) is 0 Å². The highest BCUT2D eigenvalue weighted by Crippen LogP contribution is 2.10. The second-order valence-corrected chi connectivity index (χ2v) is 3.04. The minimum Gasteiger partial charge on any atom is -0.494 e. The fraction of sp³-hybridized carbons (Fsp3) is 0.286. The van der Waals surface area contributed by atoms with Crippen LogP contribution in [0.2, 0.25) is 0 Å². The lowest BCUT2D eigenvalue weighted by Crippen LogP contribution is -2.00. The molecule has 0 bridgehead atoms. The average Bonchev–Trinajstić information content (AvgIpc) is 2.34. The first-order chi connectivity index (χ1) is 8.65. The van der Waals surface area contributed by atoms with Crippen LogP contribution in [0.15, 0.2) is 53.9 Å². The van der Waals surface area contributed by atoms with Gasteiger partial charge in [0.25, 0.3) is 0 Å². The highest BCUT2D eigenvalue weighted by atomic mass is 16.5. The van der Waals surface area contributed by atoms with Crippen LogP contribution in [-0.4, -0.2) is 25.4 Å². The van der Waals surface area contributed by atoms with Gasteiger partial charge in [-0.1, -0.05) is 13.2 Å². The smallest absolute Gasteiger partial charge is 0.330 e. The summed E-state index contributed by atoms with van der Waals surface area (Å²) in [6.07, 6.45) is 7.52. The first-order valence-corrected chi connectivity index (χ1v) is 5.66. The van der Waals surface area contributed by atoms with Crippen molar-refractivity contribution in [1.29, 1.82) is 0 Å². The van der Waals surface area contributed by atoms with Gasteiger partial charge in [0.1, 0.15) is 5.76 Å². The Hall–Kier alpha value is -2.10. The summed E-state index contributed by atoms with van der Waals surface area (Å²) in [5.74, 6) is 0.0573. The molecule has 0 saturated carbocycles. The summed E-state index contributed by atoms with van der Waals surface area (Å²) in [6, 6.07) is 0. The number of carbonyl (C=O) groups is 1. The van der Waals surface area contributed by atoms with Crippen molar-refractivity contribution in [2.45, 2.75) is 13.8 Å². The van der Waals surface area contributed by atoms with Crippen LogP contribution in [0.1, 0.15) is 13.8 Å². The largest absolute Gasteiger partial charge is 0.494 e. The van der Waals surface area contributed by atoms with E-state index in [1.165, 1.54) is 12.3 Å². The zero-order chi connectivity index (χ0) is 13.8. The number of nitrogens with zero attached hydrogens (tertiary/aromatic N) is 1. The Bertz CT molecular complexity index is 379. The second kappa shape index (κ2) is 10.1. The van der Waals surface area contributed by atoms with Gasteiger partial charge in [-0.15, -0.1) is 0 Å². The molecule has 0 unspecified atom stereocenters. The molecule has 0 radical (unpaired) electrons. The van der Waals surface area contributed by atoms with E-state index in [-0.39, 0.29) is 0 Å². The predicted molar refractivity (Wildman–Crippen MR) is 73.3 cm³/mol. The number of hydrogen-bond acceptors (Lipinski definition) is 4. The van der Waals surface area contributed by atoms with E-state index in [0.717, 1.165) is 0 Å². The van der Waals surface area contributed by atoms with Gasteiger partial charge in [0, 0.05) is 24.1 Å². The molecule has 0 saturated heterocycles. The molecule has 0 spiro atoms. The van der Waals surface area contributed by atoms with Crippen LogP contribution < -0.4 is 0 Å². The van der Waals surface area contributed by atoms with Crippen molar-refractivity contribution in [3.8, 4) is 0 Å². The molecular weight excluding hydrogens is 230 g/mol. The molecule has 0 rings (SSSR count). The Morgan fingerprint density at radius 1 is 1.22 bits per heavy atom. The van der Waals surface area contributed by atoms with Crippen LogP contribution >= 0.6 is 0 Å². The lowest BCUT2D eigenvalue weighted by atomic mass is 10.2. The van der Waals surface area contributed by atoms with Gasteiger partial charge < -0.3 is 9.47 Å². The van der Waals surface area contributed by atoms with E-state index in [1.54, 1.807) is 25.3 Å². The molecule has 0 heterocycles. The molecule has 98 valence electrons. The molecule has 0 amide bonds. The monoisotopic (exact) mass is 249 g/mol. The number of carbonyl (C=O) groups excluding carboxylic acids is 1. The molecule has 0 aromatic rings. The highest BCUT2D eigenvalue weighted by Gasteiger charge is 2.01. The number of aliphatic imine (C=N–C) groups is 1. The first-order valence-electron chi connectivity index (χ1n) is 5.66. The molecule has 0 N–H and O–H groups in total. The maximum Gasteiger partial charge on any atom is 0.330 e. The third kappa shape index (κ3) is 7.22. The summed E-state index contributed by atoms with van der Waals surface area (Å²) >= 11 is 0. The van der Waals surface area contributed by atoms with Gasteiger partial charge in [0.2, 0.25) is 0 Å². The molecule has 0 atom stereocenters. The summed E-state index contributed by atoms with van der Waals surface area (Å²) in [5.41, 5.74) is 0.649. The van der Waals surface area contributed by atoms with E-state index in [1.807, 2.05) is 6.92 Å². The SMILES string of the molecule is C=C/N=C/C=C(\C=C\C(=O)OCC)C(=C)OCC. The minimum absolute atomic E-state index is 0.340. The molecule has 4 nitrogen and oxygen atoms in total. The number of ether oxygens (including phenoxy) is 2. The summed E-state index contributed by atoms with van der Waals surface area (Å²) in [5, 5.41) is 0. The summed E-state index contributed by atoms with van der Waals surface area (Å²) in [6.45, 7) is 11.7. The molecule has 4 heteroatoms. The molecule has 18 heavy (non-hydrogen) atoms. The molecule has 0 aromatic carbocycles. The van der Waals surface area contributed by atoms with E-state index < -0.39 is 5.97 Å². The van der Waals surface area contributed by atoms with Crippen LogP contribution in [0.5, 0.6) is 0 Å². The molecule has 0 aromatic heterocycles. The predicted octanol–water partition coefficient (Wildman–Crippen LogP) is 2.80. The third-order valence-electron chi connectivity index (χ3n) is 1.77. The van der Waals surface area contributed by atoms with Gasteiger partial charge >= 0.3 is 5.97 Å². The Balaban J connectivity index is 4.81. The Morgan fingerprint density at radius 3 is 2.44 bits per heavy atom. The van der Waals surface area contributed by atoms with Crippen molar-refractivity contribution >= 4 is 12.2 Å². The standard InChI is InChI=1S/C14H19NO3/c1-5-15-11-10-13(12(4)17-6-2)8-9-14(16)18-7-3/h5,8-11H,1,4,6-7H2,2-3H3/b9-8+,13-10+,15-11+. The fourth-order valence-corrected chi connectivity index (χ4v) is 1.03. The van der Waals surface area contributed by atoms with Crippen LogP contribution in [0.4, 0.5) is 0 Å². The average molecular weight is 249 g/mol. The van der Waals surface area contributed by atoms with E-state index in [9.17, 15) is 4.79 Å². The van der Waals surface area contributed by atoms with Gasteiger partial charge in [-0.05, 0) is 26.0 Å². The molecule has 0 aliphatic heterocycles. The topological polar surface area (TPSA) is 47.9 Å². The quantitative estimate of drug-likeness (QED) is 0.218. The zero-order valence-corrected chi connectivity index (χ0v) is 10.9. The van der Waals surface area contributed by atoms with Gasteiger partial charge in [-0.25, -0.2) is 4.79 Å². The van der Waals surface area contributed by atoms with Gasteiger partial charge in [0.15, 0.2) is 0 Å². The summed E-state index contributed by atoms with van der Waals surface area (Å²) in [4.78, 5) is 15.0. The van der Waals surface area contributed by atoms with E-state index >= 15 is 0 Å². The maximum absolute atomic E-state index is 11.2. The van der Waals surface area contributed by atoms with E-state index in [0.29, 0.717) is 24.5 Å². The number of esters is 1. The van der Waals surface area contributed by atoms with Crippen molar-refractivity contribution in [1.82, 2.24) is 0 Å².